The number of para-hydroxylation sites is 1. The van der Waals surface area contributed by atoms with Gasteiger partial charge in [0.1, 0.15) is 22.8 Å². The number of amides is 1. The first-order valence-corrected chi connectivity index (χ1v) is 10.9. The minimum Gasteiger partial charge on any atom is -0.496 e. The van der Waals surface area contributed by atoms with Crippen LogP contribution in [0.3, 0.4) is 0 Å². The summed E-state index contributed by atoms with van der Waals surface area (Å²) in [6, 6.07) is 8.08. The molecule has 1 fully saturated rings. The van der Waals surface area contributed by atoms with Gasteiger partial charge in [-0.05, 0) is 44.9 Å². The van der Waals surface area contributed by atoms with Gasteiger partial charge in [0, 0.05) is 17.7 Å². The Morgan fingerprint density at radius 1 is 1.26 bits per heavy atom. The second-order valence-corrected chi connectivity index (χ2v) is 8.26. The van der Waals surface area contributed by atoms with Crippen LogP contribution in [0.25, 0.3) is 16.9 Å². The predicted molar refractivity (Wildman–Crippen MR) is 119 cm³/mol. The molecule has 176 valence electrons. The lowest BCUT2D eigenvalue weighted by molar-refractivity contribution is 0.0736. The second-order valence-electron chi connectivity index (χ2n) is 8.26. The van der Waals surface area contributed by atoms with Crippen molar-refractivity contribution in [2.45, 2.75) is 39.2 Å². The first kappa shape index (κ1) is 22.0. The van der Waals surface area contributed by atoms with Crippen LogP contribution in [0.2, 0.25) is 0 Å². The molecular formula is C24H23F2N5O3. The third kappa shape index (κ3) is 3.49. The number of likely N-dealkylation sites (tertiary alicyclic amines) is 1. The number of hydrogen-bond acceptors (Lipinski definition) is 6. The van der Waals surface area contributed by atoms with Crippen molar-refractivity contribution in [2.24, 2.45) is 0 Å². The largest absolute Gasteiger partial charge is 0.496 e. The molecular weight excluding hydrogens is 444 g/mol. The summed E-state index contributed by atoms with van der Waals surface area (Å²) in [7, 11) is 1.50. The van der Waals surface area contributed by atoms with Crippen LogP contribution in [0.1, 0.15) is 58.4 Å². The van der Waals surface area contributed by atoms with E-state index in [9.17, 15) is 13.6 Å². The van der Waals surface area contributed by atoms with Crippen LogP contribution in [0, 0.1) is 13.8 Å². The molecule has 10 heteroatoms. The number of aromatic nitrogens is 4. The Morgan fingerprint density at radius 3 is 2.76 bits per heavy atom. The maximum atomic E-state index is 14.0. The number of alkyl halides is 2. The summed E-state index contributed by atoms with van der Waals surface area (Å²) < 4.78 is 39.7. The smallest absolute Gasteiger partial charge is 0.280 e. The molecule has 0 saturated carbocycles. The van der Waals surface area contributed by atoms with Crippen LogP contribution in [-0.2, 0) is 0 Å². The summed E-state index contributed by atoms with van der Waals surface area (Å²) in [6.07, 6.45) is 0.0621. The Kier molecular flexibility index (Phi) is 5.51. The highest BCUT2D eigenvalue weighted by Gasteiger charge is 2.36. The zero-order chi connectivity index (χ0) is 24.0. The first-order chi connectivity index (χ1) is 16.4. The number of carbonyl (C=O) groups is 1. The van der Waals surface area contributed by atoms with Gasteiger partial charge in [-0.2, -0.15) is 5.10 Å². The van der Waals surface area contributed by atoms with E-state index in [0.717, 1.165) is 28.6 Å². The first-order valence-electron chi connectivity index (χ1n) is 10.9. The number of ether oxygens (including phenoxy) is 1. The number of carbonyl (C=O) groups excluding carboxylic acids is 1. The van der Waals surface area contributed by atoms with E-state index in [1.165, 1.54) is 19.4 Å². The highest BCUT2D eigenvalue weighted by molar-refractivity contribution is 6.00. The number of nitrogens with zero attached hydrogens (tertiary/aromatic N) is 5. The fourth-order valence-corrected chi connectivity index (χ4v) is 4.72. The molecule has 4 heterocycles. The third-order valence-corrected chi connectivity index (χ3v) is 6.27. The van der Waals surface area contributed by atoms with Crippen molar-refractivity contribution in [3.05, 3.63) is 64.8 Å². The van der Waals surface area contributed by atoms with E-state index in [4.69, 9.17) is 9.26 Å². The quantitative estimate of drug-likeness (QED) is 0.414. The standard InChI is InChI=1S/C24H23F2N5O3/c1-13-21(14(2)34-29-13)18-8-6-10-30(18)24(32)16-12-27-31-19(22(25)26)11-17(28-23(16)31)15-7-4-5-9-20(15)33-3/h4-5,7,9,11-12,18,22H,6,8,10H2,1-3H3/t18-/m1/s1. The van der Waals surface area contributed by atoms with Crippen LogP contribution in [0.15, 0.2) is 41.1 Å². The van der Waals surface area contributed by atoms with E-state index in [-0.39, 0.29) is 34.5 Å². The molecule has 5 rings (SSSR count). The SMILES string of the molecule is COc1ccccc1-c1cc(C(F)F)n2ncc(C(=O)N3CCC[C@@H]3c3c(C)noc3C)c2n1. The van der Waals surface area contributed by atoms with Crippen molar-refractivity contribution in [3.8, 4) is 17.0 Å². The van der Waals surface area contributed by atoms with Crippen molar-refractivity contribution in [1.29, 1.82) is 0 Å². The summed E-state index contributed by atoms with van der Waals surface area (Å²) in [5.74, 6) is 0.839. The van der Waals surface area contributed by atoms with Crippen LogP contribution in [0.4, 0.5) is 8.78 Å². The lowest BCUT2D eigenvalue weighted by atomic mass is 10.0. The van der Waals surface area contributed by atoms with Gasteiger partial charge in [-0.15, -0.1) is 0 Å². The molecule has 1 atom stereocenters. The lowest BCUT2D eigenvalue weighted by Gasteiger charge is -2.24. The maximum absolute atomic E-state index is 14.0. The molecule has 3 aromatic heterocycles. The highest BCUT2D eigenvalue weighted by Crippen LogP contribution is 2.37. The van der Waals surface area contributed by atoms with E-state index >= 15 is 0 Å². The van der Waals surface area contributed by atoms with Crippen molar-refractivity contribution < 1.29 is 22.8 Å². The molecule has 0 aliphatic carbocycles. The maximum Gasteiger partial charge on any atom is 0.280 e. The average Bonchev–Trinajstić information content (AvgIpc) is 3.56. The van der Waals surface area contributed by atoms with Crippen molar-refractivity contribution in [3.63, 3.8) is 0 Å². The Bertz CT molecular complexity index is 1360. The topological polar surface area (TPSA) is 85.8 Å². The van der Waals surface area contributed by atoms with Crippen molar-refractivity contribution >= 4 is 11.6 Å². The Hall–Kier alpha value is -3.82. The molecule has 0 N–H and O–H groups in total. The number of fused-ring (bicyclic) bond motifs is 1. The van der Waals surface area contributed by atoms with E-state index in [1.54, 1.807) is 29.2 Å². The number of hydrogen-bond donors (Lipinski definition) is 0. The monoisotopic (exact) mass is 467 g/mol. The Balaban J connectivity index is 1.63. The molecule has 0 unspecified atom stereocenters. The molecule has 1 saturated heterocycles. The van der Waals surface area contributed by atoms with Crippen molar-refractivity contribution in [1.82, 2.24) is 24.7 Å². The van der Waals surface area contributed by atoms with Crippen LogP contribution in [-0.4, -0.2) is 44.2 Å². The van der Waals surface area contributed by atoms with Gasteiger partial charge in [0.05, 0.1) is 30.7 Å². The number of aryl methyl sites for hydroxylation is 2. The van der Waals surface area contributed by atoms with Gasteiger partial charge >= 0.3 is 0 Å². The Labute approximate surface area is 194 Å². The molecule has 0 radical (unpaired) electrons. The van der Waals surface area contributed by atoms with Gasteiger partial charge < -0.3 is 14.2 Å². The van der Waals surface area contributed by atoms with E-state index < -0.39 is 6.43 Å². The Morgan fingerprint density at radius 2 is 2.06 bits per heavy atom. The number of halogens is 2. The lowest BCUT2D eigenvalue weighted by Crippen LogP contribution is -2.31. The molecule has 1 aliphatic rings. The molecule has 34 heavy (non-hydrogen) atoms. The predicted octanol–water partition coefficient (Wildman–Crippen LogP) is 4.92. The van der Waals surface area contributed by atoms with Crippen LogP contribution in [0.5, 0.6) is 5.75 Å². The molecule has 1 aliphatic heterocycles. The zero-order valence-electron chi connectivity index (χ0n) is 19.0. The van der Waals surface area contributed by atoms with E-state index in [0.29, 0.717) is 23.6 Å². The summed E-state index contributed by atoms with van der Waals surface area (Å²) in [4.78, 5) is 20.0. The van der Waals surface area contributed by atoms with Gasteiger partial charge in [-0.25, -0.2) is 18.3 Å². The third-order valence-electron chi connectivity index (χ3n) is 6.27. The number of rotatable bonds is 5. The zero-order valence-corrected chi connectivity index (χ0v) is 19.0. The summed E-state index contributed by atoms with van der Waals surface area (Å²) >= 11 is 0. The number of benzene rings is 1. The van der Waals surface area contributed by atoms with Crippen LogP contribution < -0.4 is 4.74 Å². The van der Waals surface area contributed by atoms with E-state index in [2.05, 4.69) is 15.2 Å². The molecule has 4 aromatic rings. The van der Waals surface area contributed by atoms with Gasteiger partial charge in [0.2, 0.25) is 0 Å². The van der Waals surface area contributed by atoms with Gasteiger partial charge in [0.25, 0.3) is 12.3 Å². The fourth-order valence-electron chi connectivity index (χ4n) is 4.72. The summed E-state index contributed by atoms with van der Waals surface area (Å²) in [5.41, 5.74) is 2.33. The second kappa shape index (κ2) is 8.51. The summed E-state index contributed by atoms with van der Waals surface area (Å²) in [5, 5.41) is 8.12. The van der Waals surface area contributed by atoms with Gasteiger partial charge in [0.15, 0.2) is 5.65 Å². The fraction of sp³-hybridized carbons (Fsp3) is 0.333. The average molecular weight is 467 g/mol. The molecule has 1 aromatic carbocycles. The van der Waals surface area contributed by atoms with Gasteiger partial charge in [-0.3, -0.25) is 4.79 Å². The number of methoxy groups -OCH3 is 1. The summed E-state index contributed by atoms with van der Waals surface area (Å²) in [6.45, 7) is 4.19. The molecule has 0 spiro atoms. The van der Waals surface area contributed by atoms with Gasteiger partial charge in [-0.1, -0.05) is 17.3 Å². The minimum absolute atomic E-state index is 0.0770. The normalized spacial score (nSPS) is 16.1. The molecule has 1 amide bonds. The molecule has 8 nitrogen and oxygen atoms in total. The van der Waals surface area contributed by atoms with Crippen molar-refractivity contribution in [2.75, 3.05) is 13.7 Å². The molecule has 0 bridgehead atoms. The highest BCUT2D eigenvalue weighted by atomic mass is 19.3. The minimum atomic E-state index is -2.82. The van der Waals surface area contributed by atoms with Crippen LogP contribution >= 0.6 is 0 Å². The van der Waals surface area contributed by atoms with E-state index in [1.807, 2.05) is 13.8 Å².